The minimum atomic E-state index is 0.0159. The molecule has 1 aromatic carbocycles. The molecule has 5 heteroatoms. The second-order valence-electron chi connectivity index (χ2n) is 10.3. The summed E-state index contributed by atoms with van der Waals surface area (Å²) in [6.45, 7) is 6.36. The molecular weight excluding hydrogens is 362 g/mol. The van der Waals surface area contributed by atoms with Crippen LogP contribution in [0.5, 0.6) is 0 Å². The molecule has 1 aliphatic heterocycles. The van der Waals surface area contributed by atoms with Gasteiger partial charge in [0.1, 0.15) is 13.1 Å². The summed E-state index contributed by atoms with van der Waals surface area (Å²) in [6.07, 6.45) is 7.96. The molecule has 4 bridgehead atoms. The Bertz CT molecular complexity index is 702. The average Bonchev–Trinajstić information content (AvgIpc) is 2.73. The molecule has 158 valence electrons. The summed E-state index contributed by atoms with van der Waals surface area (Å²) in [6, 6.07) is 11.2. The van der Waals surface area contributed by atoms with Crippen LogP contribution in [0.1, 0.15) is 44.1 Å². The van der Waals surface area contributed by atoms with Gasteiger partial charge in [-0.1, -0.05) is 30.3 Å². The van der Waals surface area contributed by atoms with Gasteiger partial charge in [0.2, 0.25) is 0 Å². The standard InChI is InChI=1S/C24H35N3O2/c28-22(25-6-7-27-8-10-29-11-9-27)26-18-23-13-19-12-20(14-23)16-24(15-19,17-23)21-4-2-1-3-5-21/h1-5,19-20H,6-18H2,(H2,25,26,28)/p+1/t19-,20+,23?,24?. The number of quaternary nitrogens is 1. The number of hydrogen-bond acceptors (Lipinski definition) is 2. The monoisotopic (exact) mass is 398 g/mol. The quantitative estimate of drug-likeness (QED) is 0.684. The van der Waals surface area contributed by atoms with Crippen LogP contribution in [0.3, 0.4) is 0 Å². The lowest BCUT2D eigenvalue weighted by molar-refractivity contribution is -0.906. The first-order valence-corrected chi connectivity index (χ1v) is 11.6. The maximum absolute atomic E-state index is 12.5. The van der Waals surface area contributed by atoms with Crippen LogP contribution >= 0.6 is 0 Å². The lowest BCUT2D eigenvalue weighted by Crippen LogP contribution is -3.14. The normalized spacial score (nSPS) is 36.1. The summed E-state index contributed by atoms with van der Waals surface area (Å²) in [4.78, 5) is 14.0. The van der Waals surface area contributed by atoms with Crippen molar-refractivity contribution in [1.29, 1.82) is 0 Å². The van der Waals surface area contributed by atoms with Crippen molar-refractivity contribution in [1.82, 2.24) is 10.6 Å². The van der Waals surface area contributed by atoms with Crippen molar-refractivity contribution >= 4 is 6.03 Å². The highest BCUT2D eigenvalue weighted by molar-refractivity contribution is 5.73. The summed E-state index contributed by atoms with van der Waals surface area (Å²) in [5.74, 6) is 1.68. The number of benzene rings is 1. The van der Waals surface area contributed by atoms with Crippen LogP contribution in [-0.4, -0.2) is 52.0 Å². The fourth-order valence-corrected chi connectivity index (χ4v) is 7.38. The Labute approximate surface area is 174 Å². The van der Waals surface area contributed by atoms with E-state index in [9.17, 15) is 4.79 Å². The van der Waals surface area contributed by atoms with E-state index in [1.807, 2.05) is 0 Å². The van der Waals surface area contributed by atoms with E-state index >= 15 is 0 Å². The van der Waals surface area contributed by atoms with E-state index in [1.165, 1.54) is 49.0 Å². The molecular formula is C24H36N3O2+. The smallest absolute Gasteiger partial charge is 0.315 e. The number of rotatable bonds is 6. The van der Waals surface area contributed by atoms with Crippen LogP contribution < -0.4 is 15.5 Å². The molecule has 4 atom stereocenters. The zero-order valence-corrected chi connectivity index (χ0v) is 17.6. The third-order valence-electron chi connectivity index (χ3n) is 8.16. The van der Waals surface area contributed by atoms with Gasteiger partial charge in [-0.05, 0) is 66.8 Å². The third-order valence-corrected chi connectivity index (χ3v) is 8.16. The summed E-state index contributed by atoms with van der Waals surface area (Å²) < 4.78 is 5.40. The first kappa shape index (κ1) is 19.4. The number of amides is 2. The minimum absolute atomic E-state index is 0.0159. The molecule has 1 heterocycles. The Morgan fingerprint density at radius 1 is 1.03 bits per heavy atom. The molecule has 0 radical (unpaired) electrons. The summed E-state index contributed by atoms with van der Waals surface area (Å²) >= 11 is 0. The Morgan fingerprint density at radius 2 is 1.76 bits per heavy atom. The van der Waals surface area contributed by atoms with E-state index in [1.54, 1.807) is 0 Å². The van der Waals surface area contributed by atoms with Gasteiger partial charge in [-0.3, -0.25) is 0 Å². The predicted octanol–water partition coefficient (Wildman–Crippen LogP) is 1.74. The zero-order valence-electron chi connectivity index (χ0n) is 17.6. The van der Waals surface area contributed by atoms with E-state index in [4.69, 9.17) is 4.74 Å². The average molecular weight is 399 g/mol. The van der Waals surface area contributed by atoms with Crippen molar-refractivity contribution < 1.29 is 14.4 Å². The second-order valence-corrected chi connectivity index (χ2v) is 10.3. The van der Waals surface area contributed by atoms with E-state index < -0.39 is 0 Å². The predicted molar refractivity (Wildman–Crippen MR) is 113 cm³/mol. The Hall–Kier alpha value is -1.59. The maximum atomic E-state index is 12.5. The van der Waals surface area contributed by atoms with Crippen molar-refractivity contribution in [2.75, 3.05) is 45.9 Å². The van der Waals surface area contributed by atoms with Gasteiger partial charge in [-0.15, -0.1) is 0 Å². The van der Waals surface area contributed by atoms with Crippen LogP contribution in [0.4, 0.5) is 4.79 Å². The van der Waals surface area contributed by atoms with E-state index in [0.29, 0.717) is 10.8 Å². The summed E-state index contributed by atoms with van der Waals surface area (Å²) in [5.41, 5.74) is 2.19. The van der Waals surface area contributed by atoms with Crippen molar-refractivity contribution in [2.45, 2.75) is 43.9 Å². The van der Waals surface area contributed by atoms with Crippen molar-refractivity contribution in [2.24, 2.45) is 17.3 Å². The number of urea groups is 1. The highest BCUT2D eigenvalue weighted by atomic mass is 16.5. The van der Waals surface area contributed by atoms with Gasteiger partial charge in [0, 0.05) is 6.54 Å². The second kappa shape index (κ2) is 7.92. The highest BCUT2D eigenvalue weighted by Gasteiger charge is 2.57. The highest BCUT2D eigenvalue weighted by Crippen LogP contribution is 2.65. The first-order valence-electron chi connectivity index (χ1n) is 11.6. The van der Waals surface area contributed by atoms with Crippen LogP contribution in [-0.2, 0) is 10.2 Å². The zero-order chi connectivity index (χ0) is 19.7. The number of hydrogen-bond donors (Lipinski definition) is 3. The molecule has 1 aromatic rings. The molecule has 1 saturated heterocycles. The van der Waals surface area contributed by atoms with E-state index in [0.717, 1.165) is 57.8 Å². The minimum Gasteiger partial charge on any atom is -0.370 e. The van der Waals surface area contributed by atoms with Gasteiger partial charge in [0.15, 0.2) is 0 Å². The molecule has 0 spiro atoms. The molecule has 6 rings (SSSR count). The Kier molecular flexibility index (Phi) is 5.29. The molecule has 5 fully saturated rings. The SMILES string of the molecule is O=C(NCC[NH+]1CCOCC1)NCC12C[C@H]3C[C@@H](C1)CC(c1ccccc1)(C3)C2. The van der Waals surface area contributed by atoms with Crippen molar-refractivity contribution in [3.05, 3.63) is 35.9 Å². The lowest BCUT2D eigenvalue weighted by atomic mass is 9.43. The van der Waals surface area contributed by atoms with E-state index in [2.05, 4.69) is 41.0 Å². The first-order chi connectivity index (χ1) is 14.1. The van der Waals surface area contributed by atoms with Gasteiger partial charge < -0.3 is 20.3 Å². The van der Waals surface area contributed by atoms with Gasteiger partial charge in [-0.25, -0.2) is 4.79 Å². The Morgan fingerprint density at radius 3 is 2.48 bits per heavy atom. The molecule has 2 unspecified atom stereocenters. The Balaban J connectivity index is 1.17. The van der Waals surface area contributed by atoms with Crippen LogP contribution in [0.2, 0.25) is 0 Å². The number of carbonyl (C=O) groups excluding carboxylic acids is 1. The molecule has 3 N–H and O–H groups in total. The van der Waals surface area contributed by atoms with Crippen molar-refractivity contribution in [3.8, 4) is 0 Å². The number of carbonyl (C=O) groups is 1. The molecule has 5 aliphatic rings. The lowest BCUT2D eigenvalue weighted by Gasteiger charge is -2.62. The third kappa shape index (κ3) is 4.04. The van der Waals surface area contributed by atoms with Gasteiger partial charge in [0.25, 0.3) is 0 Å². The van der Waals surface area contributed by atoms with Gasteiger partial charge in [0.05, 0.1) is 26.3 Å². The maximum Gasteiger partial charge on any atom is 0.315 e. The fourth-order valence-electron chi connectivity index (χ4n) is 7.38. The molecule has 0 aromatic heterocycles. The number of nitrogens with one attached hydrogen (secondary N) is 3. The molecule has 29 heavy (non-hydrogen) atoms. The molecule has 2 amide bonds. The molecule has 4 saturated carbocycles. The summed E-state index contributed by atoms with van der Waals surface area (Å²) in [7, 11) is 0. The van der Waals surface area contributed by atoms with Gasteiger partial charge in [-0.2, -0.15) is 0 Å². The number of ether oxygens (including phenoxy) is 1. The molecule has 5 nitrogen and oxygen atoms in total. The molecule has 4 aliphatic carbocycles. The summed E-state index contributed by atoms with van der Waals surface area (Å²) in [5, 5.41) is 6.35. The topological polar surface area (TPSA) is 54.8 Å². The van der Waals surface area contributed by atoms with E-state index in [-0.39, 0.29) is 6.03 Å². The largest absolute Gasteiger partial charge is 0.370 e. The van der Waals surface area contributed by atoms with Crippen molar-refractivity contribution in [3.63, 3.8) is 0 Å². The number of morpholine rings is 1. The fraction of sp³-hybridized carbons (Fsp3) is 0.708. The van der Waals surface area contributed by atoms with Crippen LogP contribution in [0, 0.1) is 17.3 Å². The van der Waals surface area contributed by atoms with Crippen LogP contribution in [0.25, 0.3) is 0 Å². The van der Waals surface area contributed by atoms with Gasteiger partial charge >= 0.3 is 6.03 Å². The van der Waals surface area contributed by atoms with Crippen LogP contribution in [0.15, 0.2) is 30.3 Å².